The molecule has 4 rings (SSSR count). The molecule has 0 fully saturated rings. The van der Waals surface area contributed by atoms with Gasteiger partial charge < -0.3 is 9.13 Å². The van der Waals surface area contributed by atoms with Crippen LogP contribution in [0.1, 0.15) is 108 Å². The number of anilines is 2. The number of halogens is 5. The highest BCUT2D eigenvalue weighted by Crippen LogP contribution is 2.48. The smallest absolute Gasteiger partial charge is 0.325 e. The molecule has 1 atom stereocenters. The lowest BCUT2D eigenvalue weighted by atomic mass is 9.92. The summed E-state index contributed by atoms with van der Waals surface area (Å²) in [5.74, 6) is -7.24. The van der Waals surface area contributed by atoms with Gasteiger partial charge in [-0.3, -0.25) is 4.11 Å². The first kappa shape index (κ1) is 32.5. The van der Waals surface area contributed by atoms with Crippen molar-refractivity contribution in [3.63, 3.8) is 0 Å². The van der Waals surface area contributed by atoms with Crippen molar-refractivity contribution in [2.45, 2.75) is 86.0 Å². The van der Waals surface area contributed by atoms with Gasteiger partial charge in [0, 0.05) is 28.8 Å². The highest BCUT2D eigenvalue weighted by atomic mass is 28.4. The number of rotatable bonds is 7. The number of hydrogen-bond donors (Lipinski definition) is 0. The topological polar surface area (TPSA) is 6.48 Å². The zero-order valence-corrected chi connectivity index (χ0v) is 27.4. The van der Waals surface area contributed by atoms with E-state index in [0.717, 1.165) is 22.3 Å². The summed E-state index contributed by atoms with van der Waals surface area (Å²) >= 11 is 0. The summed E-state index contributed by atoms with van der Waals surface area (Å²) in [4.78, 5) is 0. The largest absolute Gasteiger partial charge is 0.509 e. The lowest BCUT2D eigenvalue weighted by Crippen LogP contribution is -2.74. The van der Waals surface area contributed by atoms with Crippen molar-refractivity contribution in [3.8, 4) is 0 Å². The van der Waals surface area contributed by atoms with Crippen LogP contribution < -0.4 is 14.3 Å². The Labute approximate surface area is 253 Å². The molecule has 8 heteroatoms. The van der Waals surface area contributed by atoms with Gasteiger partial charge in [-0.2, -0.15) is 0 Å². The second-order valence-electron chi connectivity index (χ2n) is 12.6. The highest BCUT2D eigenvalue weighted by molar-refractivity contribution is 6.93. The van der Waals surface area contributed by atoms with Gasteiger partial charge in [0.2, 0.25) is 0 Å². The van der Waals surface area contributed by atoms with Crippen LogP contribution in [-0.2, 0) is 0 Å². The Morgan fingerprint density at radius 3 is 1.33 bits per heavy atom. The van der Waals surface area contributed by atoms with Crippen molar-refractivity contribution >= 4 is 25.3 Å². The van der Waals surface area contributed by atoms with Crippen molar-refractivity contribution in [2.75, 3.05) is 9.13 Å². The van der Waals surface area contributed by atoms with Crippen LogP contribution in [-0.4, -0.2) is 8.73 Å². The SMILES string of the molecule is C=C1C=C(C)N(c2c(C(C)C)cccc2C(C)C)[Si](F)(c2c(F)c(F)cc(F)c2F)N1c1c(C(C)C)cccc1C(C)C. The van der Waals surface area contributed by atoms with Crippen LogP contribution >= 0.6 is 0 Å². The number of para-hydroxylation sites is 2. The van der Waals surface area contributed by atoms with E-state index in [9.17, 15) is 0 Å². The highest BCUT2D eigenvalue weighted by Gasteiger charge is 2.60. The summed E-state index contributed by atoms with van der Waals surface area (Å²) in [6.07, 6.45) is 1.68. The third-order valence-corrected chi connectivity index (χ3v) is 11.5. The van der Waals surface area contributed by atoms with Crippen molar-refractivity contribution in [3.05, 3.63) is 112 Å². The van der Waals surface area contributed by atoms with Crippen LogP contribution in [0.5, 0.6) is 0 Å². The summed E-state index contributed by atoms with van der Waals surface area (Å²) in [6.45, 7) is 21.4. The Balaban J connectivity index is 2.31. The van der Waals surface area contributed by atoms with Gasteiger partial charge in [0.25, 0.3) is 0 Å². The standard InChI is InChI=1S/C35H41F5N2Si/c1-19(2)25-13-11-14-26(20(3)4)33(25)41-23(9)17-24(10)42(34-27(21(5)6)15-12-16-28(34)22(7)8)43(41,40)35-31(38)29(36)18-30(37)32(35)39/h11-22H,9H2,1-8,10H3. The first-order valence-electron chi connectivity index (χ1n) is 14.8. The molecule has 43 heavy (non-hydrogen) atoms. The van der Waals surface area contributed by atoms with Crippen molar-refractivity contribution in [2.24, 2.45) is 0 Å². The molecule has 3 aromatic rings. The van der Waals surface area contributed by atoms with Crippen LogP contribution in [0.15, 0.2) is 66.5 Å². The van der Waals surface area contributed by atoms with Crippen molar-refractivity contribution in [1.29, 1.82) is 0 Å². The second-order valence-corrected chi connectivity index (χ2v) is 15.1. The van der Waals surface area contributed by atoms with Crippen molar-refractivity contribution in [1.82, 2.24) is 0 Å². The van der Waals surface area contributed by atoms with E-state index >= 15 is 21.7 Å². The average molecular weight is 613 g/mol. The Morgan fingerprint density at radius 2 is 0.977 bits per heavy atom. The first-order chi connectivity index (χ1) is 20.0. The first-order valence-corrected chi connectivity index (χ1v) is 16.6. The Hall–Kier alpha value is -3.39. The molecule has 0 spiro atoms. The zero-order chi connectivity index (χ0) is 32.1. The molecular formula is C35H41F5N2Si. The van der Waals surface area contributed by atoms with E-state index in [1.54, 1.807) is 13.0 Å². The molecule has 3 aromatic carbocycles. The molecule has 0 N–H and O–H groups in total. The van der Waals surface area contributed by atoms with E-state index in [1.165, 1.54) is 9.13 Å². The summed E-state index contributed by atoms with van der Waals surface area (Å²) in [6, 6.07) is 11.3. The van der Waals surface area contributed by atoms with E-state index in [2.05, 4.69) is 6.58 Å². The lowest BCUT2D eigenvalue weighted by Gasteiger charge is -2.51. The fourth-order valence-electron chi connectivity index (χ4n) is 6.13. The average Bonchev–Trinajstić information content (AvgIpc) is 2.91. The molecule has 0 bridgehead atoms. The molecule has 1 heterocycles. The maximum atomic E-state index is 19.2. The quantitative estimate of drug-likeness (QED) is 0.113. The minimum absolute atomic E-state index is 0.105. The minimum atomic E-state index is -5.57. The van der Waals surface area contributed by atoms with E-state index in [1.807, 2.05) is 91.8 Å². The molecule has 1 aliphatic rings. The van der Waals surface area contributed by atoms with Crippen LogP contribution in [0.2, 0.25) is 0 Å². The van der Waals surface area contributed by atoms with Crippen LogP contribution in [0, 0.1) is 23.3 Å². The van der Waals surface area contributed by atoms with Gasteiger partial charge in [-0.1, -0.05) is 98.4 Å². The second kappa shape index (κ2) is 11.9. The monoisotopic (exact) mass is 612 g/mol. The normalized spacial score (nSPS) is 17.6. The van der Waals surface area contributed by atoms with Gasteiger partial charge in [-0.15, -0.1) is 0 Å². The van der Waals surface area contributed by atoms with Gasteiger partial charge in [0.15, 0.2) is 23.3 Å². The van der Waals surface area contributed by atoms with Gasteiger partial charge >= 0.3 is 8.73 Å². The minimum Gasteiger partial charge on any atom is -0.325 e. The molecule has 230 valence electrons. The summed E-state index contributed by atoms with van der Waals surface area (Å²) in [5.41, 5.74) is 4.31. The fraction of sp³-hybridized carbons (Fsp3) is 0.371. The van der Waals surface area contributed by atoms with Gasteiger partial charge in [0.05, 0.1) is 5.19 Å². The zero-order valence-electron chi connectivity index (χ0n) is 26.4. The van der Waals surface area contributed by atoms with Crippen LogP contribution in [0.4, 0.5) is 33.0 Å². The van der Waals surface area contributed by atoms with E-state index in [-0.39, 0.29) is 35.4 Å². The third-order valence-electron chi connectivity index (χ3n) is 8.17. The molecule has 2 nitrogen and oxygen atoms in total. The Bertz CT molecular complexity index is 1510. The molecule has 0 amide bonds. The molecule has 1 unspecified atom stereocenters. The number of nitrogens with zero attached hydrogens (tertiary/aromatic N) is 2. The van der Waals surface area contributed by atoms with E-state index in [0.29, 0.717) is 17.1 Å². The Kier molecular flexibility index (Phi) is 9.03. The number of hydrogen-bond acceptors (Lipinski definition) is 2. The Morgan fingerprint density at radius 1 is 0.628 bits per heavy atom. The molecular weight excluding hydrogens is 571 g/mol. The van der Waals surface area contributed by atoms with E-state index < -0.39 is 37.2 Å². The number of allylic oxidation sites excluding steroid dienone is 2. The molecule has 0 saturated heterocycles. The van der Waals surface area contributed by atoms with Gasteiger partial charge in [-0.05, 0) is 58.9 Å². The fourth-order valence-corrected chi connectivity index (χ4v) is 9.66. The predicted molar refractivity (Wildman–Crippen MR) is 170 cm³/mol. The third kappa shape index (κ3) is 5.32. The molecule has 0 radical (unpaired) electrons. The lowest BCUT2D eigenvalue weighted by molar-refractivity contribution is 0.460. The maximum absolute atomic E-state index is 19.2. The molecule has 0 saturated carbocycles. The van der Waals surface area contributed by atoms with Crippen LogP contribution in [0.25, 0.3) is 0 Å². The summed E-state index contributed by atoms with van der Waals surface area (Å²) < 4.78 is 84.0. The van der Waals surface area contributed by atoms with Crippen LogP contribution in [0.3, 0.4) is 0 Å². The number of benzene rings is 3. The summed E-state index contributed by atoms with van der Waals surface area (Å²) in [5, 5.41) is -1.24. The van der Waals surface area contributed by atoms with Gasteiger partial charge in [0.1, 0.15) is 0 Å². The van der Waals surface area contributed by atoms with Gasteiger partial charge in [-0.25, -0.2) is 17.6 Å². The predicted octanol–water partition coefficient (Wildman–Crippen LogP) is 10.3. The van der Waals surface area contributed by atoms with Crippen molar-refractivity contribution < 1.29 is 21.7 Å². The molecule has 0 aromatic heterocycles. The van der Waals surface area contributed by atoms with E-state index in [4.69, 9.17) is 0 Å². The molecule has 0 aliphatic carbocycles. The maximum Gasteiger partial charge on any atom is 0.509 e. The summed E-state index contributed by atoms with van der Waals surface area (Å²) in [7, 11) is -5.57. The molecule has 1 aliphatic heterocycles.